The molecule has 0 aliphatic rings. The van der Waals surface area contributed by atoms with Crippen LogP contribution in [0.5, 0.6) is 0 Å². The van der Waals surface area contributed by atoms with E-state index >= 15 is 0 Å². The van der Waals surface area contributed by atoms with Crippen molar-refractivity contribution in [2.45, 2.75) is 18.7 Å². The van der Waals surface area contributed by atoms with Crippen molar-refractivity contribution in [1.82, 2.24) is 15.0 Å². The minimum Gasteiger partial charge on any atom is -0.220 e. The fourth-order valence-electron chi connectivity index (χ4n) is 1.45. The molecule has 0 fully saturated rings. The minimum absolute atomic E-state index is 0.203. The molecule has 1 aromatic carbocycles. The number of aryl methyl sites for hydroxylation is 1. The molecule has 0 radical (unpaired) electrons. The number of benzene rings is 1. The van der Waals surface area contributed by atoms with Crippen molar-refractivity contribution < 1.29 is 0 Å². The van der Waals surface area contributed by atoms with Crippen LogP contribution in [0.4, 0.5) is 0 Å². The summed E-state index contributed by atoms with van der Waals surface area (Å²) in [6, 6.07) is 5.70. The second kappa shape index (κ2) is 4.55. The average molecular weight is 301 g/mol. The third kappa shape index (κ3) is 2.28. The van der Waals surface area contributed by atoms with E-state index in [2.05, 4.69) is 26.2 Å². The van der Waals surface area contributed by atoms with Crippen molar-refractivity contribution in [2.24, 2.45) is 0 Å². The highest BCUT2D eigenvalue weighted by Gasteiger charge is 2.08. The van der Waals surface area contributed by atoms with E-state index in [1.54, 1.807) is 4.68 Å². The summed E-state index contributed by atoms with van der Waals surface area (Å²) in [5.74, 6) is 0. The molecule has 0 amide bonds. The van der Waals surface area contributed by atoms with Crippen molar-refractivity contribution in [2.75, 3.05) is 0 Å². The minimum atomic E-state index is 0.203. The Kier molecular flexibility index (Phi) is 3.30. The van der Waals surface area contributed by atoms with Crippen LogP contribution in [0.2, 0.25) is 5.02 Å². The third-order valence-corrected chi connectivity index (χ3v) is 3.03. The molecule has 0 saturated carbocycles. The van der Waals surface area contributed by atoms with Crippen molar-refractivity contribution in [3.05, 3.63) is 40.7 Å². The zero-order chi connectivity index (χ0) is 11.7. The van der Waals surface area contributed by atoms with Crippen LogP contribution in [0.3, 0.4) is 0 Å². The van der Waals surface area contributed by atoms with Crippen molar-refractivity contribution in [3.8, 4) is 5.69 Å². The smallest absolute Gasteiger partial charge is 0.0965 e. The Bertz CT molecular complexity index is 508. The molecule has 0 bridgehead atoms. The highest BCUT2D eigenvalue weighted by Crippen LogP contribution is 2.22. The predicted octanol–water partition coefficient (Wildman–Crippen LogP) is 3.69. The van der Waals surface area contributed by atoms with Gasteiger partial charge in [0.05, 0.1) is 22.4 Å². The molecule has 0 N–H and O–H groups in total. The summed E-state index contributed by atoms with van der Waals surface area (Å²) in [7, 11) is 0. The van der Waals surface area contributed by atoms with E-state index in [9.17, 15) is 0 Å². The van der Waals surface area contributed by atoms with Gasteiger partial charge in [0.25, 0.3) is 0 Å². The molecular formula is C11H11BrClN3. The number of rotatable bonds is 2. The SMILES string of the molecule is Cc1cc(Cl)ccc1-n1cc(C(C)Br)nn1. The molecule has 84 valence electrons. The molecule has 1 atom stereocenters. The van der Waals surface area contributed by atoms with Gasteiger partial charge in [-0.2, -0.15) is 0 Å². The van der Waals surface area contributed by atoms with Crippen LogP contribution in [-0.4, -0.2) is 15.0 Å². The molecular weight excluding hydrogens is 289 g/mol. The van der Waals surface area contributed by atoms with Crippen LogP contribution in [0.25, 0.3) is 5.69 Å². The Balaban J connectivity index is 2.42. The van der Waals surface area contributed by atoms with Gasteiger partial charge in [0, 0.05) is 5.02 Å². The number of halogens is 2. The summed E-state index contributed by atoms with van der Waals surface area (Å²) in [5.41, 5.74) is 2.98. The first-order valence-electron chi connectivity index (χ1n) is 4.91. The normalized spacial score (nSPS) is 12.8. The van der Waals surface area contributed by atoms with E-state index < -0.39 is 0 Å². The van der Waals surface area contributed by atoms with Gasteiger partial charge in [-0.25, -0.2) is 4.68 Å². The summed E-state index contributed by atoms with van der Waals surface area (Å²) in [6.07, 6.45) is 1.91. The quantitative estimate of drug-likeness (QED) is 0.792. The van der Waals surface area contributed by atoms with Crippen molar-refractivity contribution >= 4 is 27.5 Å². The lowest BCUT2D eigenvalue weighted by Gasteiger charge is -2.04. The second-order valence-electron chi connectivity index (χ2n) is 3.63. The highest BCUT2D eigenvalue weighted by molar-refractivity contribution is 9.09. The summed E-state index contributed by atoms with van der Waals surface area (Å²) in [6.45, 7) is 4.02. The fraction of sp³-hybridized carbons (Fsp3) is 0.273. The maximum Gasteiger partial charge on any atom is 0.0965 e. The lowest BCUT2D eigenvalue weighted by Crippen LogP contribution is -1.97. The number of aromatic nitrogens is 3. The lowest BCUT2D eigenvalue weighted by molar-refractivity contribution is 0.793. The van der Waals surface area contributed by atoms with Crippen LogP contribution in [0.15, 0.2) is 24.4 Å². The van der Waals surface area contributed by atoms with Crippen LogP contribution >= 0.6 is 27.5 Å². The third-order valence-electron chi connectivity index (χ3n) is 2.32. The largest absolute Gasteiger partial charge is 0.220 e. The van der Waals surface area contributed by atoms with Gasteiger partial charge in [0.1, 0.15) is 0 Å². The molecule has 2 aromatic rings. The van der Waals surface area contributed by atoms with E-state index in [0.29, 0.717) is 0 Å². The van der Waals surface area contributed by atoms with Crippen molar-refractivity contribution in [3.63, 3.8) is 0 Å². The molecule has 1 heterocycles. The van der Waals surface area contributed by atoms with E-state index in [0.717, 1.165) is 22.0 Å². The van der Waals surface area contributed by atoms with Gasteiger partial charge < -0.3 is 0 Å². The number of nitrogens with zero attached hydrogens (tertiary/aromatic N) is 3. The molecule has 1 aromatic heterocycles. The monoisotopic (exact) mass is 299 g/mol. The van der Waals surface area contributed by atoms with Gasteiger partial charge >= 0.3 is 0 Å². The molecule has 2 rings (SSSR count). The Hall–Kier alpha value is -0.870. The summed E-state index contributed by atoms with van der Waals surface area (Å²) >= 11 is 9.37. The predicted molar refractivity (Wildman–Crippen MR) is 68.4 cm³/mol. The molecule has 5 heteroatoms. The lowest BCUT2D eigenvalue weighted by atomic mass is 10.2. The number of hydrogen-bond acceptors (Lipinski definition) is 2. The molecule has 0 saturated heterocycles. The molecule has 1 unspecified atom stereocenters. The molecule has 3 nitrogen and oxygen atoms in total. The molecule has 0 spiro atoms. The van der Waals surface area contributed by atoms with E-state index in [1.807, 2.05) is 38.2 Å². The number of hydrogen-bond donors (Lipinski definition) is 0. The maximum absolute atomic E-state index is 5.91. The van der Waals surface area contributed by atoms with Gasteiger partial charge in [0.15, 0.2) is 0 Å². The fourth-order valence-corrected chi connectivity index (χ4v) is 1.89. The van der Waals surface area contributed by atoms with Crippen molar-refractivity contribution in [1.29, 1.82) is 0 Å². The maximum atomic E-state index is 5.91. The van der Waals surface area contributed by atoms with Crippen LogP contribution in [0, 0.1) is 6.92 Å². The summed E-state index contributed by atoms with van der Waals surface area (Å²) < 4.78 is 1.76. The topological polar surface area (TPSA) is 30.7 Å². The summed E-state index contributed by atoms with van der Waals surface area (Å²) in [4.78, 5) is 0.203. The van der Waals surface area contributed by atoms with E-state index in [4.69, 9.17) is 11.6 Å². The van der Waals surface area contributed by atoms with Crippen LogP contribution < -0.4 is 0 Å². The first kappa shape index (κ1) is 11.6. The Morgan fingerprint density at radius 1 is 1.44 bits per heavy atom. The molecule has 0 aliphatic carbocycles. The highest BCUT2D eigenvalue weighted by atomic mass is 79.9. The summed E-state index contributed by atoms with van der Waals surface area (Å²) in [5, 5.41) is 8.91. The molecule has 16 heavy (non-hydrogen) atoms. The standard InChI is InChI=1S/C11H11BrClN3/c1-7-5-9(13)3-4-11(7)16-6-10(8(2)12)14-15-16/h3-6,8H,1-2H3. The Morgan fingerprint density at radius 3 is 2.75 bits per heavy atom. The first-order valence-corrected chi connectivity index (χ1v) is 6.20. The van der Waals surface area contributed by atoms with Gasteiger partial charge in [0.2, 0.25) is 0 Å². The average Bonchev–Trinajstić information content (AvgIpc) is 2.66. The van der Waals surface area contributed by atoms with Crippen LogP contribution in [0.1, 0.15) is 23.0 Å². The van der Waals surface area contributed by atoms with Gasteiger partial charge in [-0.1, -0.05) is 32.7 Å². The van der Waals surface area contributed by atoms with Crippen LogP contribution in [-0.2, 0) is 0 Å². The van der Waals surface area contributed by atoms with E-state index in [1.165, 1.54) is 0 Å². The number of alkyl halides is 1. The van der Waals surface area contributed by atoms with Gasteiger partial charge in [-0.3, -0.25) is 0 Å². The van der Waals surface area contributed by atoms with Gasteiger partial charge in [-0.15, -0.1) is 5.10 Å². The first-order chi connectivity index (χ1) is 7.58. The zero-order valence-corrected chi connectivity index (χ0v) is 11.3. The zero-order valence-electron chi connectivity index (χ0n) is 8.98. The van der Waals surface area contributed by atoms with E-state index in [-0.39, 0.29) is 4.83 Å². The molecule has 0 aliphatic heterocycles. The second-order valence-corrected chi connectivity index (χ2v) is 5.44. The Morgan fingerprint density at radius 2 is 2.19 bits per heavy atom. The Labute approximate surface area is 108 Å². The van der Waals surface area contributed by atoms with Gasteiger partial charge in [-0.05, 0) is 37.6 Å².